The maximum absolute atomic E-state index is 12.6. The van der Waals surface area contributed by atoms with Gasteiger partial charge < -0.3 is 10.5 Å². The minimum absolute atomic E-state index is 0.0795. The summed E-state index contributed by atoms with van der Waals surface area (Å²) in [7, 11) is 0. The number of esters is 1. The molecule has 1 rings (SSSR count). The van der Waals surface area contributed by atoms with Crippen LogP contribution in [0.2, 0.25) is 5.02 Å². The van der Waals surface area contributed by atoms with Crippen molar-refractivity contribution in [3.05, 3.63) is 34.3 Å². The Labute approximate surface area is 113 Å². The van der Waals surface area contributed by atoms with Gasteiger partial charge in [0.25, 0.3) is 0 Å². The third-order valence-corrected chi connectivity index (χ3v) is 2.59. The predicted molar refractivity (Wildman–Crippen MR) is 64.6 cm³/mol. The van der Waals surface area contributed by atoms with Crippen LogP contribution in [0.3, 0.4) is 0 Å². The van der Waals surface area contributed by atoms with Gasteiger partial charge in [0, 0.05) is 11.1 Å². The van der Waals surface area contributed by atoms with Crippen LogP contribution in [0.15, 0.2) is 18.2 Å². The van der Waals surface area contributed by atoms with Gasteiger partial charge in [-0.05, 0) is 30.7 Å². The molecule has 0 unspecified atom stereocenters. The number of halogens is 4. The van der Waals surface area contributed by atoms with E-state index in [9.17, 15) is 18.0 Å². The summed E-state index contributed by atoms with van der Waals surface area (Å²) in [6, 6.07) is 2.11. The van der Waals surface area contributed by atoms with E-state index >= 15 is 0 Å². The maximum atomic E-state index is 12.6. The third-order valence-electron chi connectivity index (χ3n) is 2.37. The molecule has 0 bridgehead atoms. The quantitative estimate of drug-likeness (QED) is 0.867. The van der Waals surface area contributed by atoms with E-state index in [0.717, 1.165) is 12.1 Å². The van der Waals surface area contributed by atoms with Gasteiger partial charge in [0.1, 0.15) is 0 Å². The van der Waals surface area contributed by atoms with Crippen LogP contribution in [0.5, 0.6) is 0 Å². The van der Waals surface area contributed by atoms with Crippen LogP contribution in [-0.2, 0) is 15.7 Å². The van der Waals surface area contributed by atoms with E-state index in [0.29, 0.717) is 0 Å². The molecule has 1 aromatic carbocycles. The molecule has 1 atom stereocenters. The number of alkyl halides is 3. The first-order chi connectivity index (χ1) is 8.74. The first-order valence-corrected chi connectivity index (χ1v) is 5.90. The maximum Gasteiger partial charge on any atom is 0.416 e. The lowest BCUT2D eigenvalue weighted by Crippen LogP contribution is -2.18. The fourth-order valence-corrected chi connectivity index (χ4v) is 1.75. The highest BCUT2D eigenvalue weighted by Crippen LogP contribution is 2.33. The standard InChI is InChI=1S/C12H13ClF3NO2/c1-2-19-11(18)6-10(17)7-3-8(12(14,15)16)5-9(13)4-7/h3-5,10H,2,6,17H2,1H3/t10-/m0/s1. The second-order valence-corrected chi connectivity index (χ2v) is 4.32. The van der Waals surface area contributed by atoms with E-state index in [4.69, 9.17) is 17.3 Å². The van der Waals surface area contributed by atoms with Crippen molar-refractivity contribution < 1.29 is 22.7 Å². The van der Waals surface area contributed by atoms with E-state index < -0.39 is 23.8 Å². The average molecular weight is 296 g/mol. The normalized spacial score (nSPS) is 13.2. The van der Waals surface area contributed by atoms with E-state index in [1.165, 1.54) is 6.07 Å². The highest BCUT2D eigenvalue weighted by atomic mass is 35.5. The average Bonchev–Trinajstić information content (AvgIpc) is 2.27. The van der Waals surface area contributed by atoms with Crippen molar-refractivity contribution in [2.45, 2.75) is 25.6 Å². The first-order valence-electron chi connectivity index (χ1n) is 5.53. The minimum Gasteiger partial charge on any atom is -0.466 e. The topological polar surface area (TPSA) is 52.3 Å². The van der Waals surface area contributed by atoms with Gasteiger partial charge in [0.15, 0.2) is 0 Å². The molecule has 0 aliphatic heterocycles. The predicted octanol–water partition coefficient (Wildman–Crippen LogP) is 3.31. The van der Waals surface area contributed by atoms with Gasteiger partial charge in [-0.25, -0.2) is 0 Å². The van der Waals surface area contributed by atoms with Crippen LogP contribution < -0.4 is 5.73 Å². The Kier molecular flexibility index (Phi) is 5.20. The van der Waals surface area contributed by atoms with Crippen LogP contribution in [0.1, 0.15) is 30.5 Å². The summed E-state index contributed by atoms with van der Waals surface area (Å²) in [5.74, 6) is -0.566. The van der Waals surface area contributed by atoms with Crippen molar-refractivity contribution in [3.8, 4) is 0 Å². The Morgan fingerprint density at radius 1 is 1.42 bits per heavy atom. The summed E-state index contributed by atoms with van der Waals surface area (Å²) in [6.45, 7) is 1.82. The van der Waals surface area contributed by atoms with E-state index in [1.54, 1.807) is 6.92 Å². The van der Waals surface area contributed by atoms with Crippen LogP contribution in [0, 0.1) is 0 Å². The lowest BCUT2D eigenvalue weighted by atomic mass is 10.0. The summed E-state index contributed by atoms with van der Waals surface area (Å²) in [5, 5.41) is -0.0795. The van der Waals surface area contributed by atoms with Gasteiger partial charge in [-0.1, -0.05) is 11.6 Å². The Morgan fingerprint density at radius 2 is 2.05 bits per heavy atom. The summed E-state index contributed by atoms with van der Waals surface area (Å²) in [4.78, 5) is 11.2. The molecule has 0 aliphatic rings. The number of benzene rings is 1. The fraction of sp³-hybridized carbons (Fsp3) is 0.417. The summed E-state index contributed by atoms with van der Waals surface area (Å²) in [5.41, 5.74) is 4.93. The molecule has 0 aromatic heterocycles. The molecule has 0 heterocycles. The van der Waals surface area contributed by atoms with Gasteiger partial charge in [-0.15, -0.1) is 0 Å². The van der Waals surface area contributed by atoms with Crippen LogP contribution in [0.25, 0.3) is 0 Å². The molecule has 0 amide bonds. The van der Waals surface area contributed by atoms with Crippen molar-refractivity contribution >= 4 is 17.6 Å². The van der Waals surface area contributed by atoms with Gasteiger partial charge in [-0.3, -0.25) is 4.79 Å². The SMILES string of the molecule is CCOC(=O)C[C@H](N)c1cc(Cl)cc(C(F)(F)F)c1. The molecular formula is C12H13ClF3NO2. The Balaban J connectivity index is 2.94. The summed E-state index contributed by atoms with van der Waals surface area (Å²) in [6.07, 6.45) is -4.71. The molecule has 3 nitrogen and oxygen atoms in total. The van der Waals surface area contributed by atoms with E-state index in [1.807, 2.05) is 0 Å². The monoisotopic (exact) mass is 295 g/mol. The Morgan fingerprint density at radius 3 is 2.58 bits per heavy atom. The van der Waals surface area contributed by atoms with Crippen molar-refractivity contribution in [1.29, 1.82) is 0 Å². The molecule has 7 heteroatoms. The zero-order chi connectivity index (χ0) is 14.6. The fourth-order valence-electron chi connectivity index (χ4n) is 1.51. The number of carbonyl (C=O) groups is 1. The lowest BCUT2D eigenvalue weighted by molar-refractivity contribution is -0.143. The van der Waals surface area contributed by atoms with Crippen LogP contribution in [-0.4, -0.2) is 12.6 Å². The molecular weight excluding hydrogens is 283 g/mol. The third kappa shape index (κ3) is 4.72. The Bertz CT molecular complexity index is 463. The highest BCUT2D eigenvalue weighted by molar-refractivity contribution is 6.30. The second kappa shape index (κ2) is 6.25. The van der Waals surface area contributed by atoms with E-state index in [-0.39, 0.29) is 23.6 Å². The minimum atomic E-state index is -4.51. The molecule has 1 aromatic rings. The number of hydrogen-bond donors (Lipinski definition) is 1. The van der Waals surface area contributed by atoms with Crippen molar-refractivity contribution in [2.75, 3.05) is 6.61 Å². The van der Waals surface area contributed by atoms with Gasteiger partial charge >= 0.3 is 12.1 Å². The molecule has 0 saturated carbocycles. The molecule has 106 valence electrons. The van der Waals surface area contributed by atoms with E-state index in [2.05, 4.69) is 4.74 Å². The van der Waals surface area contributed by atoms with Crippen molar-refractivity contribution in [2.24, 2.45) is 5.73 Å². The molecule has 0 fully saturated rings. The number of hydrogen-bond acceptors (Lipinski definition) is 3. The van der Waals surface area contributed by atoms with Crippen molar-refractivity contribution in [1.82, 2.24) is 0 Å². The first kappa shape index (κ1) is 15.8. The largest absolute Gasteiger partial charge is 0.466 e. The molecule has 0 aliphatic carbocycles. The summed E-state index contributed by atoms with van der Waals surface area (Å²) >= 11 is 5.63. The smallest absolute Gasteiger partial charge is 0.416 e. The second-order valence-electron chi connectivity index (χ2n) is 3.89. The van der Waals surface area contributed by atoms with Gasteiger partial charge in [0.05, 0.1) is 18.6 Å². The zero-order valence-corrected chi connectivity index (χ0v) is 10.9. The number of carbonyl (C=O) groups excluding carboxylic acids is 1. The van der Waals surface area contributed by atoms with Gasteiger partial charge in [-0.2, -0.15) is 13.2 Å². The molecule has 19 heavy (non-hydrogen) atoms. The molecule has 0 radical (unpaired) electrons. The van der Waals surface area contributed by atoms with Crippen molar-refractivity contribution in [3.63, 3.8) is 0 Å². The molecule has 2 N–H and O–H groups in total. The van der Waals surface area contributed by atoms with Gasteiger partial charge in [0.2, 0.25) is 0 Å². The zero-order valence-electron chi connectivity index (χ0n) is 10.1. The van der Waals surface area contributed by atoms with Crippen LogP contribution >= 0.6 is 11.6 Å². The number of ether oxygens (including phenoxy) is 1. The number of nitrogens with two attached hydrogens (primary N) is 1. The van der Waals surface area contributed by atoms with Crippen LogP contribution in [0.4, 0.5) is 13.2 Å². The number of rotatable bonds is 4. The Hall–Kier alpha value is -1.27. The lowest BCUT2D eigenvalue weighted by Gasteiger charge is -2.14. The highest BCUT2D eigenvalue weighted by Gasteiger charge is 2.31. The molecule has 0 spiro atoms. The molecule has 0 saturated heterocycles. The summed E-state index contributed by atoms with van der Waals surface area (Å²) < 4.78 is 42.5.